The molecule has 29 heavy (non-hydrogen) atoms. The van der Waals surface area contributed by atoms with E-state index in [0.29, 0.717) is 18.3 Å². The topological polar surface area (TPSA) is 73.8 Å². The van der Waals surface area contributed by atoms with Gasteiger partial charge in [0.25, 0.3) is 5.56 Å². The van der Waals surface area contributed by atoms with E-state index in [2.05, 4.69) is 25.9 Å². The van der Waals surface area contributed by atoms with Crippen molar-refractivity contribution in [3.63, 3.8) is 0 Å². The third kappa shape index (κ3) is 3.64. The van der Waals surface area contributed by atoms with Gasteiger partial charge in [-0.3, -0.25) is 9.69 Å². The maximum Gasteiger partial charge on any atom is 0.266 e. The van der Waals surface area contributed by atoms with Crippen molar-refractivity contribution in [2.24, 2.45) is 5.92 Å². The molecule has 8 nitrogen and oxygen atoms in total. The van der Waals surface area contributed by atoms with Crippen LogP contribution in [0.3, 0.4) is 0 Å². The van der Waals surface area contributed by atoms with Gasteiger partial charge in [-0.1, -0.05) is 0 Å². The highest BCUT2D eigenvalue weighted by molar-refractivity contribution is 5.23. The molecule has 3 aromatic heterocycles. The van der Waals surface area contributed by atoms with Crippen LogP contribution in [0.4, 0.5) is 0 Å². The zero-order valence-corrected chi connectivity index (χ0v) is 17.1. The van der Waals surface area contributed by atoms with E-state index in [0.717, 1.165) is 44.0 Å². The lowest BCUT2D eigenvalue weighted by molar-refractivity contribution is 0.0754. The minimum atomic E-state index is -0.0597. The predicted molar refractivity (Wildman–Crippen MR) is 109 cm³/mol. The summed E-state index contributed by atoms with van der Waals surface area (Å²) in [5, 5.41) is 9.03. The lowest BCUT2D eigenvalue weighted by Crippen LogP contribution is -2.49. The van der Waals surface area contributed by atoms with Crippen molar-refractivity contribution in [2.75, 3.05) is 13.1 Å². The molecular weight excluding hydrogens is 366 g/mol. The van der Waals surface area contributed by atoms with Crippen LogP contribution in [-0.4, -0.2) is 47.1 Å². The molecule has 3 aromatic rings. The predicted octanol–water partition coefficient (Wildman–Crippen LogP) is 1.71. The van der Waals surface area contributed by atoms with Crippen LogP contribution < -0.4 is 5.56 Å². The first kappa shape index (κ1) is 18.3. The maximum absolute atomic E-state index is 12.3. The second kappa shape index (κ2) is 7.26. The fraction of sp³-hybridized carbons (Fsp3) is 0.524. The molecule has 5 heterocycles. The van der Waals surface area contributed by atoms with E-state index in [1.54, 1.807) is 21.5 Å². The van der Waals surface area contributed by atoms with Gasteiger partial charge in [0.2, 0.25) is 0 Å². The first-order valence-electron chi connectivity index (χ1n) is 10.4. The lowest BCUT2D eigenvalue weighted by Gasteiger charge is -2.38. The normalized spacial score (nSPS) is 17.3. The fourth-order valence-corrected chi connectivity index (χ4v) is 4.49. The van der Waals surface area contributed by atoms with Gasteiger partial charge in [-0.05, 0) is 38.8 Å². The Kier molecular flexibility index (Phi) is 4.58. The molecule has 8 heteroatoms. The second-order valence-electron chi connectivity index (χ2n) is 8.41. The molecule has 2 aliphatic rings. The minimum Gasteiger partial charge on any atom is -0.335 e. The summed E-state index contributed by atoms with van der Waals surface area (Å²) in [6.45, 7) is 8.53. The number of imidazole rings is 1. The van der Waals surface area contributed by atoms with Gasteiger partial charge in [-0.25, -0.2) is 14.3 Å². The van der Waals surface area contributed by atoms with Crippen LogP contribution in [0.1, 0.15) is 35.7 Å². The molecule has 0 aliphatic carbocycles. The number of aromatic nitrogens is 6. The number of hydrogen-bond acceptors (Lipinski definition) is 5. The molecular formula is C21H27N7O. The summed E-state index contributed by atoms with van der Waals surface area (Å²) in [4.78, 5) is 19.5. The molecule has 2 aliphatic heterocycles. The largest absolute Gasteiger partial charge is 0.335 e. The van der Waals surface area contributed by atoms with Crippen LogP contribution in [0.5, 0.6) is 0 Å². The third-order valence-corrected chi connectivity index (χ3v) is 5.89. The van der Waals surface area contributed by atoms with E-state index < -0.39 is 0 Å². The van der Waals surface area contributed by atoms with Crippen molar-refractivity contribution in [3.8, 4) is 5.82 Å². The van der Waals surface area contributed by atoms with E-state index in [-0.39, 0.29) is 5.56 Å². The molecule has 0 N–H and O–H groups in total. The van der Waals surface area contributed by atoms with Crippen LogP contribution in [0.2, 0.25) is 0 Å². The van der Waals surface area contributed by atoms with Crippen LogP contribution in [-0.2, 0) is 26.1 Å². The molecule has 0 radical (unpaired) electrons. The molecule has 0 atom stereocenters. The van der Waals surface area contributed by atoms with Gasteiger partial charge in [0.15, 0.2) is 5.82 Å². The molecule has 0 saturated carbocycles. The van der Waals surface area contributed by atoms with Crippen molar-refractivity contribution >= 4 is 0 Å². The maximum atomic E-state index is 12.3. The molecule has 1 fully saturated rings. The Balaban J connectivity index is 1.22. The number of hydrogen-bond donors (Lipinski definition) is 0. The number of nitrogens with zero attached hydrogens (tertiary/aromatic N) is 7. The van der Waals surface area contributed by atoms with Crippen LogP contribution in [0.15, 0.2) is 29.2 Å². The van der Waals surface area contributed by atoms with Gasteiger partial charge in [0.1, 0.15) is 5.82 Å². The molecule has 152 valence electrons. The fourth-order valence-electron chi connectivity index (χ4n) is 4.49. The first-order chi connectivity index (χ1) is 14.0. The van der Waals surface area contributed by atoms with E-state index in [1.165, 1.54) is 24.4 Å². The molecule has 5 rings (SSSR count). The van der Waals surface area contributed by atoms with Crippen molar-refractivity contribution in [1.82, 2.24) is 34.0 Å². The Labute approximate surface area is 169 Å². The Morgan fingerprint density at radius 3 is 2.76 bits per heavy atom. The molecule has 0 aromatic carbocycles. The van der Waals surface area contributed by atoms with Gasteiger partial charge >= 0.3 is 0 Å². The van der Waals surface area contributed by atoms with Crippen molar-refractivity contribution in [3.05, 3.63) is 57.7 Å². The summed E-state index contributed by atoms with van der Waals surface area (Å²) in [6.07, 6.45) is 5.82. The number of aryl methyl sites for hydroxylation is 4. The van der Waals surface area contributed by atoms with Crippen molar-refractivity contribution in [1.29, 1.82) is 0 Å². The van der Waals surface area contributed by atoms with E-state index >= 15 is 0 Å². The number of rotatable bonds is 5. The summed E-state index contributed by atoms with van der Waals surface area (Å²) in [5.41, 5.74) is 3.06. The lowest BCUT2D eigenvalue weighted by atomic mass is 10.00. The summed E-state index contributed by atoms with van der Waals surface area (Å²) in [7, 11) is 0. The van der Waals surface area contributed by atoms with Crippen LogP contribution in [0.25, 0.3) is 5.82 Å². The first-order valence-corrected chi connectivity index (χ1v) is 10.4. The van der Waals surface area contributed by atoms with E-state index in [1.807, 2.05) is 19.9 Å². The summed E-state index contributed by atoms with van der Waals surface area (Å²) < 4.78 is 5.69. The highest BCUT2D eigenvalue weighted by atomic mass is 16.1. The van der Waals surface area contributed by atoms with E-state index in [9.17, 15) is 4.79 Å². The van der Waals surface area contributed by atoms with Crippen molar-refractivity contribution < 1.29 is 0 Å². The zero-order chi connectivity index (χ0) is 20.0. The molecule has 0 amide bonds. The quantitative estimate of drug-likeness (QED) is 0.660. The highest BCUT2D eigenvalue weighted by Gasteiger charge is 2.28. The Morgan fingerprint density at radius 1 is 1.14 bits per heavy atom. The second-order valence-corrected chi connectivity index (χ2v) is 8.41. The molecule has 1 saturated heterocycles. The number of fused-ring (bicyclic) bond motifs is 1. The smallest absolute Gasteiger partial charge is 0.266 e. The van der Waals surface area contributed by atoms with Crippen molar-refractivity contribution in [2.45, 2.75) is 52.7 Å². The van der Waals surface area contributed by atoms with Gasteiger partial charge in [0, 0.05) is 56.5 Å². The summed E-state index contributed by atoms with van der Waals surface area (Å²) in [5.74, 6) is 2.36. The molecule has 0 bridgehead atoms. The number of likely N-dealkylation sites (tertiary alicyclic amines) is 1. The average molecular weight is 393 g/mol. The summed E-state index contributed by atoms with van der Waals surface area (Å²) in [6, 6.07) is 5.34. The third-order valence-electron chi connectivity index (χ3n) is 5.89. The van der Waals surface area contributed by atoms with Gasteiger partial charge in [-0.15, -0.1) is 5.10 Å². The monoisotopic (exact) mass is 393 g/mol. The van der Waals surface area contributed by atoms with E-state index in [4.69, 9.17) is 4.98 Å². The van der Waals surface area contributed by atoms with Crippen LogP contribution in [0, 0.1) is 19.8 Å². The van der Waals surface area contributed by atoms with Gasteiger partial charge < -0.3 is 4.57 Å². The standard InChI is InChI=1S/C21H27N7O/c1-15-9-16(2)28(23-15)20-6-7-21(29)27(24-20)12-17-10-25(11-17)13-18-14-26-8-4-3-5-19(26)22-18/h6-7,9,14,17H,3-5,8,10-13H2,1-2H3. The summed E-state index contributed by atoms with van der Waals surface area (Å²) >= 11 is 0. The van der Waals surface area contributed by atoms with Gasteiger partial charge in [-0.2, -0.15) is 5.10 Å². The molecule has 0 unspecified atom stereocenters. The average Bonchev–Trinajstić information content (AvgIpc) is 3.23. The van der Waals surface area contributed by atoms with Gasteiger partial charge in [0.05, 0.1) is 17.9 Å². The Morgan fingerprint density at radius 2 is 2.00 bits per heavy atom. The minimum absolute atomic E-state index is 0.0597. The Hall–Kier alpha value is -2.74. The zero-order valence-electron chi connectivity index (χ0n) is 17.1. The Bertz CT molecular complexity index is 1060. The van der Waals surface area contributed by atoms with Crippen LogP contribution >= 0.6 is 0 Å². The highest BCUT2D eigenvalue weighted by Crippen LogP contribution is 2.21. The SMILES string of the molecule is Cc1cc(C)n(-c2ccc(=O)n(CC3CN(Cc4cn5c(n4)CCCC5)C3)n2)n1. The molecule has 0 spiro atoms.